The zero-order chi connectivity index (χ0) is 23.8. The van der Waals surface area contributed by atoms with Crippen LogP contribution < -0.4 is 10.2 Å². The third kappa shape index (κ3) is 7.06. The second-order valence-electron chi connectivity index (χ2n) is 9.65. The number of nitrogens with zero attached hydrogens (tertiary/aromatic N) is 1. The van der Waals surface area contributed by atoms with Crippen molar-refractivity contribution >= 4 is 17.7 Å². The Morgan fingerprint density at radius 1 is 1.03 bits per heavy atom. The lowest BCUT2D eigenvalue weighted by Crippen LogP contribution is -2.40. The summed E-state index contributed by atoms with van der Waals surface area (Å²) < 4.78 is 5.70. The molecule has 1 saturated carbocycles. The number of aliphatic hydroxyl groups excluding tert-OH is 1. The van der Waals surface area contributed by atoms with E-state index in [4.69, 9.17) is 9.84 Å². The van der Waals surface area contributed by atoms with E-state index in [-0.39, 0.29) is 37.0 Å². The molecular formula is C27H36N2O4. The quantitative estimate of drug-likeness (QED) is 0.579. The van der Waals surface area contributed by atoms with Gasteiger partial charge < -0.3 is 15.2 Å². The Morgan fingerprint density at radius 3 is 2.33 bits per heavy atom. The number of para-hydroxylation sites is 1. The Hall–Kier alpha value is -2.86. The van der Waals surface area contributed by atoms with Gasteiger partial charge in [-0.1, -0.05) is 55.3 Å². The molecule has 6 nitrogen and oxygen atoms in total. The summed E-state index contributed by atoms with van der Waals surface area (Å²) in [7, 11) is 0. The average molecular weight is 453 g/mol. The number of hydrogen-bond donors (Lipinski definition) is 2. The van der Waals surface area contributed by atoms with Crippen LogP contribution in [0.5, 0.6) is 0 Å². The van der Waals surface area contributed by atoms with Gasteiger partial charge >= 0.3 is 12.0 Å². The summed E-state index contributed by atoms with van der Waals surface area (Å²) in [6.07, 6.45) is 3.99. The van der Waals surface area contributed by atoms with Gasteiger partial charge in [-0.15, -0.1) is 0 Å². The largest absolute Gasteiger partial charge is 0.460 e. The molecule has 2 amide bonds. The second-order valence-corrected chi connectivity index (χ2v) is 9.65. The number of carbonyl (C=O) groups is 2. The number of anilines is 1. The van der Waals surface area contributed by atoms with Crippen molar-refractivity contribution in [1.29, 1.82) is 0 Å². The summed E-state index contributed by atoms with van der Waals surface area (Å²) >= 11 is 0. The van der Waals surface area contributed by atoms with Gasteiger partial charge in [-0.25, -0.2) is 4.79 Å². The van der Waals surface area contributed by atoms with Crippen molar-refractivity contribution in [1.82, 2.24) is 5.32 Å². The van der Waals surface area contributed by atoms with E-state index >= 15 is 0 Å². The van der Waals surface area contributed by atoms with E-state index < -0.39 is 5.60 Å². The average Bonchev–Trinajstić information content (AvgIpc) is 2.81. The Labute approximate surface area is 196 Å². The van der Waals surface area contributed by atoms with E-state index in [1.165, 1.54) is 0 Å². The minimum absolute atomic E-state index is 0.105. The lowest BCUT2D eigenvalue weighted by molar-refractivity contribution is -0.161. The number of aliphatic hydroxyl groups is 1. The van der Waals surface area contributed by atoms with Gasteiger partial charge in [0.15, 0.2) is 0 Å². The molecule has 2 atom stereocenters. The molecule has 0 radical (unpaired) electrons. The van der Waals surface area contributed by atoms with Crippen LogP contribution in [0, 0.1) is 5.92 Å². The summed E-state index contributed by atoms with van der Waals surface area (Å²) in [6.45, 7) is 6.23. The molecule has 2 aromatic rings. The first-order valence-corrected chi connectivity index (χ1v) is 11.8. The van der Waals surface area contributed by atoms with Crippen molar-refractivity contribution in [3.05, 3.63) is 65.7 Å². The number of urea groups is 1. The molecule has 2 N–H and O–H groups in total. The first-order valence-electron chi connectivity index (χ1n) is 11.8. The minimum Gasteiger partial charge on any atom is -0.460 e. The van der Waals surface area contributed by atoms with Gasteiger partial charge in [-0.2, -0.15) is 0 Å². The molecule has 6 heteroatoms. The molecule has 0 heterocycles. The van der Waals surface area contributed by atoms with Gasteiger partial charge in [0.25, 0.3) is 0 Å². The van der Waals surface area contributed by atoms with Crippen LogP contribution in [0.25, 0.3) is 0 Å². The third-order valence-corrected chi connectivity index (χ3v) is 5.93. The highest BCUT2D eigenvalue weighted by Crippen LogP contribution is 2.39. The predicted octanol–water partition coefficient (Wildman–Crippen LogP) is 5.01. The Bertz CT molecular complexity index is 906. The van der Waals surface area contributed by atoms with Gasteiger partial charge in [0.2, 0.25) is 0 Å². The van der Waals surface area contributed by atoms with Crippen LogP contribution in [0.1, 0.15) is 63.5 Å². The number of rotatable bonds is 7. The van der Waals surface area contributed by atoms with E-state index in [9.17, 15) is 9.59 Å². The van der Waals surface area contributed by atoms with Crippen LogP contribution in [0.3, 0.4) is 0 Å². The topological polar surface area (TPSA) is 78.9 Å². The molecule has 0 aliphatic heterocycles. The Balaban J connectivity index is 1.75. The van der Waals surface area contributed by atoms with Crippen molar-refractivity contribution in [2.24, 2.45) is 5.92 Å². The van der Waals surface area contributed by atoms with E-state index in [0.717, 1.165) is 42.5 Å². The first kappa shape index (κ1) is 24.8. The zero-order valence-electron chi connectivity index (χ0n) is 19.9. The van der Waals surface area contributed by atoms with Gasteiger partial charge in [-0.3, -0.25) is 9.69 Å². The van der Waals surface area contributed by atoms with Crippen LogP contribution >= 0.6 is 0 Å². The van der Waals surface area contributed by atoms with Crippen LogP contribution in [0.2, 0.25) is 0 Å². The number of benzene rings is 2. The highest BCUT2D eigenvalue weighted by atomic mass is 16.6. The fourth-order valence-electron chi connectivity index (χ4n) is 4.39. The highest BCUT2D eigenvalue weighted by Gasteiger charge is 2.35. The molecule has 0 aromatic heterocycles. The number of amides is 2. The van der Waals surface area contributed by atoms with E-state index in [0.29, 0.717) is 6.54 Å². The number of esters is 1. The van der Waals surface area contributed by atoms with Crippen molar-refractivity contribution in [2.75, 3.05) is 18.1 Å². The van der Waals surface area contributed by atoms with Gasteiger partial charge in [-0.05, 0) is 62.8 Å². The first-order chi connectivity index (χ1) is 15.8. The molecule has 2 aromatic carbocycles. The standard InChI is InChI=1S/C27H36N2O4/c1-27(2,3)33-25(31)24-12-8-7-11-23(24)21-15-13-20(14-16-21)19-29(26(32)28-17-18-30)22-9-5-4-6-10-22/h4-6,9-10,13-16,23-24,30H,7-8,11-12,17-19H2,1-3H3,(H,28,32). The second kappa shape index (κ2) is 11.3. The molecule has 0 bridgehead atoms. The number of ether oxygens (including phenoxy) is 1. The molecule has 3 rings (SSSR count). The summed E-state index contributed by atoms with van der Waals surface area (Å²) in [5.41, 5.74) is 2.44. The van der Waals surface area contributed by atoms with Crippen LogP contribution in [-0.4, -0.2) is 35.9 Å². The van der Waals surface area contributed by atoms with E-state index in [2.05, 4.69) is 17.4 Å². The maximum atomic E-state index is 12.8. The van der Waals surface area contributed by atoms with Crippen LogP contribution in [0.15, 0.2) is 54.6 Å². The summed E-state index contributed by atoms with van der Waals surface area (Å²) in [4.78, 5) is 27.2. The lowest BCUT2D eigenvalue weighted by atomic mass is 9.75. The number of nitrogens with one attached hydrogen (secondary N) is 1. The predicted molar refractivity (Wildman–Crippen MR) is 130 cm³/mol. The van der Waals surface area contributed by atoms with Gasteiger partial charge in [0.1, 0.15) is 5.60 Å². The lowest BCUT2D eigenvalue weighted by Gasteiger charge is -2.33. The van der Waals surface area contributed by atoms with Crippen molar-refractivity contribution in [2.45, 2.75) is 64.5 Å². The maximum absolute atomic E-state index is 12.8. The van der Waals surface area contributed by atoms with Gasteiger partial charge in [0, 0.05) is 12.2 Å². The number of hydrogen-bond acceptors (Lipinski definition) is 4. The van der Waals surface area contributed by atoms with Crippen LogP contribution in [-0.2, 0) is 16.1 Å². The number of carbonyl (C=O) groups excluding carboxylic acids is 2. The summed E-state index contributed by atoms with van der Waals surface area (Å²) in [5, 5.41) is 11.8. The molecule has 1 aliphatic rings. The Kier molecular flexibility index (Phi) is 8.50. The minimum atomic E-state index is -0.486. The normalized spacial score (nSPS) is 18.4. The molecule has 1 fully saturated rings. The summed E-state index contributed by atoms with van der Waals surface area (Å²) in [6, 6.07) is 17.5. The summed E-state index contributed by atoms with van der Waals surface area (Å²) in [5.74, 6) is -0.0679. The van der Waals surface area contributed by atoms with E-state index in [1.54, 1.807) is 4.90 Å². The Morgan fingerprint density at radius 2 is 1.70 bits per heavy atom. The fourth-order valence-corrected chi connectivity index (χ4v) is 4.39. The van der Waals surface area contributed by atoms with Crippen molar-refractivity contribution < 1.29 is 19.4 Å². The molecule has 33 heavy (non-hydrogen) atoms. The maximum Gasteiger partial charge on any atom is 0.322 e. The fraction of sp³-hybridized carbons (Fsp3) is 0.481. The molecule has 0 saturated heterocycles. The zero-order valence-corrected chi connectivity index (χ0v) is 19.9. The third-order valence-electron chi connectivity index (χ3n) is 5.93. The SMILES string of the molecule is CC(C)(C)OC(=O)C1CCCCC1c1ccc(CN(C(=O)NCCO)c2ccccc2)cc1. The van der Waals surface area contributed by atoms with E-state index in [1.807, 2.05) is 63.2 Å². The van der Waals surface area contributed by atoms with Crippen molar-refractivity contribution in [3.63, 3.8) is 0 Å². The molecule has 178 valence electrons. The van der Waals surface area contributed by atoms with Crippen molar-refractivity contribution in [3.8, 4) is 0 Å². The molecular weight excluding hydrogens is 416 g/mol. The monoisotopic (exact) mass is 452 g/mol. The van der Waals surface area contributed by atoms with Gasteiger partial charge in [0.05, 0.1) is 19.1 Å². The molecule has 2 unspecified atom stereocenters. The smallest absolute Gasteiger partial charge is 0.322 e. The van der Waals surface area contributed by atoms with Crippen LogP contribution in [0.4, 0.5) is 10.5 Å². The molecule has 0 spiro atoms. The molecule has 1 aliphatic carbocycles. The highest BCUT2D eigenvalue weighted by molar-refractivity contribution is 5.91.